The summed E-state index contributed by atoms with van der Waals surface area (Å²) in [4.78, 5) is 20.2. The highest BCUT2D eigenvalue weighted by Crippen LogP contribution is 2.22. The molecule has 0 unspecified atom stereocenters. The Bertz CT molecular complexity index is 1020. The molecule has 8 heteroatoms. The van der Waals surface area contributed by atoms with E-state index in [1.807, 2.05) is 28.0 Å². The van der Waals surface area contributed by atoms with Gasteiger partial charge in [-0.2, -0.15) is 10.1 Å². The lowest BCUT2D eigenvalue weighted by atomic mass is 10.1. The predicted molar refractivity (Wildman–Crippen MR) is 110 cm³/mol. The molecule has 3 aromatic rings. The molecule has 2 aromatic carbocycles. The van der Waals surface area contributed by atoms with Crippen LogP contribution in [0.3, 0.4) is 0 Å². The number of nitrogens with zero attached hydrogens (tertiary/aromatic N) is 5. The fourth-order valence-electron chi connectivity index (χ4n) is 3.31. The summed E-state index contributed by atoms with van der Waals surface area (Å²) in [6, 6.07) is 14.0. The molecule has 1 aliphatic heterocycles. The standard InChI is InChI=1S/C21H21FN6O/c1-15(29)16-5-4-6-17(13-16)24-20-14-23-26-21(25-20)28-11-9-27(10-12-28)19-8-3-2-7-18(19)22/h2-8,13-14H,9-12H2,1H3,(H,24,25,26). The van der Waals surface area contributed by atoms with Gasteiger partial charge in [0, 0.05) is 37.4 Å². The van der Waals surface area contributed by atoms with Gasteiger partial charge < -0.3 is 15.1 Å². The fraction of sp³-hybridized carbons (Fsp3) is 0.238. The number of benzene rings is 2. The average Bonchev–Trinajstić information content (AvgIpc) is 2.75. The summed E-state index contributed by atoms with van der Waals surface area (Å²) in [7, 11) is 0. The third-order valence-electron chi connectivity index (χ3n) is 4.84. The van der Waals surface area contributed by atoms with Gasteiger partial charge in [0.15, 0.2) is 11.6 Å². The van der Waals surface area contributed by atoms with E-state index in [-0.39, 0.29) is 11.6 Å². The summed E-state index contributed by atoms with van der Waals surface area (Å²) in [5.74, 6) is 0.860. The molecule has 0 aliphatic carbocycles. The molecule has 1 saturated heterocycles. The number of hydrogen-bond donors (Lipinski definition) is 1. The van der Waals surface area contributed by atoms with Gasteiger partial charge in [-0.15, -0.1) is 5.10 Å². The van der Waals surface area contributed by atoms with E-state index in [4.69, 9.17) is 0 Å². The van der Waals surface area contributed by atoms with E-state index in [1.54, 1.807) is 30.5 Å². The van der Waals surface area contributed by atoms with Crippen LogP contribution >= 0.6 is 0 Å². The second-order valence-electron chi connectivity index (χ2n) is 6.83. The Morgan fingerprint density at radius 1 is 1.03 bits per heavy atom. The normalized spacial score (nSPS) is 14.0. The second-order valence-corrected chi connectivity index (χ2v) is 6.83. The first-order valence-corrected chi connectivity index (χ1v) is 9.42. The summed E-state index contributed by atoms with van der Waals surface area (Å²) >= 11 is 0. The van der Waals surface area contributed by atoms with Crippen LogP contribution in [0, 0.1) is 5.82 Å². The molecule has 1 fully saturated rings. The first-order chi connectivity index (χ1) is 14.1. The molecule has 1 aliphatic rings. The van der Waals surface area contributed by atoms with Gasteiger partial charge in [0.25, 0.3) is 0 Å². The van der Waals surface area contributed by atoms with Crippen LogP contribution in [0.5, 0.6) is 0 Å². The Morgan fingerprint density at radius 3 is 2.55 bits per heavy atom. The summed E-state index contributed by atoms with van der Waals surface area (Å²) in [5, 5.41) is 11.4. The number of nitrogens with one attached hydrogen (secondary N) is 1. The van der Waals surface area contributed by atoms with E-state index in [9.17, 15) is 9.18 Å². The molecule has 0 spiro atoms. The van der Waals surface area contributed by atoms with Gasteiger partial charge in [-0.25, -0.2) is 4.39 Å². The number of ketones is 1. The summed E-state index contributed by atoms with van der Waals surface area (Å²) < 4.78 is 14.0. The van der Waals surface area contributed by atoms with Crippen molar-refractivity contribution in [3.05, 3.63) is 66.1 Å². The molecule has 0 saturated carbocycles. The smallest absolute Gasteiger partial charge is 0.247 e. The maximum Gasteiger partial charge on any atom is 0.247 e. The average molecular weight is 392 g/mol. The van der Waals surface area contributed by atoms with Gasteiger partial charge in [-0.05, 0) is 31.2 Å². The lowest BCUT2D eigenvalue weighted by Crippen LogP contribution is -2.47. The Balaban J connectivity index is 1.44. The third kappa shape index (κ3) is 4.31. The molecule has 0 atom stereocenters. The minimum absolute atomic E-state index is 0.00266. The van der Waals surface area contributed by atoms with Crippen LogP contribution in [0.1, 0.15) is 17.3 Å². The number of halogens is 1. The monoisotopic (exact) mass is 392 g/mol. The molecular weight excluding hydrogens is 371 g/mol. The zero-order valence-electron chi connectivity index (χ0n) is 16.0. The molecular formula is C21H21FN6O. The quantitative estimate of drug-likeness (QED) is 0.668. The second kappa shape index (κ2) is 8.22. The number of anilines is 4. The SMILES string of the molecule is CC(=O)c1cccc(Nc2cnnc(N3CCN(c4ccccc4F)CC3)n2)c1. The fourth-order valence-corrected chi connectivity index (χ4v) is 3.31. The molecule has 2 heterocycles. The van der Waals surface area contributed by atoms with E-state index in [0.29, 0.717) is 49.2 Å². The van der Waals surface area contributed by atoms with E-state index < -0.39 is 0 Å². The lowest BCUT2D eigenvalue weighted by Gasteiger charge is -2.36. The maximum atomic E-state index is 14.0. The van der Waals surface area contributed by atoms with Crippen molar-refractivity contribution in [2.75, 3.05) is 41.3 Å². The van der Waals surface area contributed by atoms with Gasteiger partial charge in [0.1, 0.15) is 5.82 Å². The maximum absolute atomic E-state index is 14.0. The van der Waals surface area contributed by atoms with Gasteiger partial charge in [-0.3, -0.25) is 4.79 Å². The first kappa shape index (κ1) is 18.8. The number of rotatable bonds is 5. The lowest BCUT2D eigenvalue weighted by molar-refractivity contribution is 0.101. The molecule has 7 nitrogen and oxygen atoms in total. The number of piperazine rings is 1. The summed E-state index contributed by atoms with van der Waals surface area (Å²) in [6.07, 6.45) is 1.54. The van der Waals surface area contributed by atoms with Crippen LogP contribution in [0.4, 0.5) is 27.5 Å². The molecule has 148 valence electrons. The van der Waals surface area contributed by atoms with Gasteiger partial charge in [-0.1, -0.05) is 24.3 Å². The van der Waals surface area contributed by atoms with Crippen molar-refractivity contribution >= 4 is 28.9 Å². The first-order valence-electron chi connectivity index (χ1n) is 9.42. The van der Waals surface area contributed by atoms with Crippen molar-refractivity contribution in [3.63, 3.8) is 0 Å². The Hall–Kier alpha value is -3.55. The molecule has 1 N–H and O–H groups in total. The van der Waals surface area contributed by atoms with Crippen LogP contribution in [-0.2, 0) is 0 Å². The predicted octanol–water partition coefficient (Wildman–Crippen LogP) is 3.28. The zero-order valence-corrected chi connectivity index (χ0v) is 16.0. The number of aromatic nitrogens is 3. The molecule has 0 amide bonds. The van der Waals surface area contributed by atoms with Crippen LogP contribution < -0.4 is 15.1 Å². The number of carbonyl (C=O) groups is 1. The number of Topliss-reactive ketones (excluding diaryl/α,β-unsaturated/α-hetero) is 1. The van der Waals surface area contributed by atoms with Crippen molar-refractivity contribution in [2.24, 2.45) is 0 Å². The Kier molecular flexibility index (Phi) is 5.33. The molecule has 29 heavy (non-hydrogen) atoms. The Morgan fingerprint density at radius 2 is 1.79 bits per heavy atom. The van der Waals surface area contributed by atoms with Crippen LogP contribution in [0.2, 0.25) is 0 Å². The largest absolute Gasteiger partial charge is 0.366 e. The zero-order chi connectivity index (χ0) is 20.2. The number of para-hydroxylation sites is 1. The van der Waals surface area contributed by atoms with Crippen molar-refractivity contribution in [3.8, 4) is 0 Å². The molecule has 4 rings (SSSR count). The third-order valence-corrected chi connectivity index (χ3v) is 4.84. The van der Waals surface area contributed by atoms with E-state index >= 15 is 0 Å². The number of hydrogen-bond acceptors (Lipinski definition) is 7. The topological polar surface area (TPSA) is 74.2 Å². The van der Waals surface area contributed by atoms with Gasteiger partial charge >= 0.3 is 0 Å². The highest BCUT2D eigenvalue weighted by molar-refractivity contribution is 5.95. The van der Waals surface area contributed by atoms with Crippen molar-refractivity contribution in [2.45, 2.75) is 6.92 Å². The summed E-state index contributed by atoms with van der Waals surface area (Å²) in [6.45, 7) is 4.20. The van der Waals surface area contributed by atoms with Gasteiger partial charge in [0.2, 0.25) is 5.95 Å². The van der Waals surface area contributed by atoms with Crippen molar-refractivity contribution in [1.82, 2.24) is 15.2 Å². The highest BCUT2D eigenvalue weighted by Gasteiger charge is 2.21. The van der Waals surface area contributed by atoms with Crippen LogP contribution in [-0.4, -0.2) is 47.1 Å². The van der Waals surface area contributed by atoms with Crippen molar-refractivity contribution in [1.29, 1.82) is 0 Å². The highest BCUT2D eigenvalue weighted by atomic mass is 19.1. The summed E-state index contributed by atoms with van der Waals surface area (Å²) in [5.41, 5.74) is 2.00. The molecule has 0 radical (unpaired) electrons. The van der Waals surface area contributed by atoms with E-state index in [0.717, 1.165) is 5.69 Å². The molecule has 0 bridgehead atoms. The van der Waals surface area contributed by atoms with E-state index in [2.05, 4.69) is 20.5 Å². The van der Waals surface area contributed by atoms with Crippen LogP contribution in [0.25, 0.3) is 0 Å². The van der Waals surface area contributed by atoms with Crippen LogP contribution in [0.15, 0.2) is 54.7 Å². The van der Waals surface area contributed by atoms with Crippen molar-refractivity contribution < 1.29 is 9.18 Å². The minimum atomic E-state index is -0.210. The Labute approximate surface area is 168 Å². The molecule has 1 aromatic heterocycles. The number of carbonyl (C=O) groups excluding carboxylic acids is 1. The minimum Gasteiger partial charge on any atom is -0.366 e. The van der Waals surface area contributed by atoms with E-state index in [1.165, 1.54) is 13.0 Å². The van der Waals surface area contributed by atoms with Gasteiger partial charge in [0.05, 0.1) is 11.9 Å².